The maximum Gasteiger partial charge on any atom is 0.471 e. The molecule has 1 heterocycles. The first kappa shape index (κ1) is 14.5. The van der Waals surface area contributed by atoms with Gasteiger partial charge in [-0.3, -0.25) is 4.79 Å². The van der Waals surface area contributed by atoms with Crippen molar-refractivity contribution in [1.82, 2.24) is 10.3 Å². The Bertz CT molecular complexity index is 581. The van der Waals surface area contributed by atoms with Crippen LogP contribution in [0.15, 0.2) is 35.7 Å². The third kappa shape index (κ3) is 3.80. The number of nitrogens with one attached hydrogen (secondary N) is 1. The number of hydrogen-bond acceptors (Lipinski definition) is 3. The number of benzene rings is 1. The average molecular weight is 300 g/mol. The lowest BCUT2D eigenvalue weighted by molar-refractivity contribution is -0.173. The minimum Gasteiger partial charge on any atom is -0.348 e. The predicted octanol–water partition coefficient (Wildman–Crippen LogP) is 3.03. The lowest BCUT2D eigenvalue weighted by Crippen LogP contribution is -2.37. The van der Waals surface area contributed by atoms with Gasteiger partial charge in [0.2, 0.25) is 0 Å². The third-order valence-corrected chi connectivity index (χ3v) is 3.44. The Kier molecular flexibility index (Phi) is 4.39. The summed E-state index contributed by atoms with van der Waals surface area (Å²) in [7, 11) is 0. The van der Waals surface area contributed by atoms with Crippen LogP contribution in [0.3, 0.4) is 0 Å². The van der Waals surface area contributed by atoms with Crippen molar-refractivity contribution < 1.29 is 18.0 Å². The van der Waals surface area contributed by atoms with Crippen molar-refractivity contribution in [2.24, 2.45) is 0 Å². The molecule has 2 aromatic rings. The third-order valence-electron chi connectivity index (χ3n) is 2.50. The number of rotatable bonds is 4. The molecule has 1 N–H and O–H groups in total. The number of aromatic nitrogens is 1. The molecule has 1 amide bonds. The molecule has 1 aromatic heterocycles. The minimum absolute atomic E-state index is 0.0870. The summed E-state index contributed by atoms with van der Waals surface area (Å²) in [5.41, 5.74) is 1.62. The molecule has 0 aliphatic heterocycles. The number of carbonyl (C=O) groups is 1. The molecule has 0 bridgehead atoms. The number of carbonyl (C=O) groups excluding carboxylic acids is 1. The van der Waals surface area contributed by atoms with Crippen molar-refractivity contribution in [3.8, 4) is 10.6 Å². The fourth-order valence-electron chi connectivity index (χ4n) is 1.54. The quantitative estimate of drug-likeness (QED) is 0.943. The smallest absolute Gasteiger partial charge is 0.348 e. The molecule has 0 atom stereocenters. The van der Waals surface area contributed by atoms with Crippen LogP contribution in [0.1, 0.15) is 5.69 Å². The first-order valence-corrected chi connectivity index (χ1v) is 6.69. The van der Waals surface area contributed by atoms with Crippen molar-refractivity contribution in [1.29, 1.82) is 0 Å². The lowest BCUT2D eigenvalue weighted by Gasteiger charge is -2.06. The molecule has 0 spiro atoms. The molecule has 0 unspecified atom stereocenters. The highest BCUT2D eigenvalue weighted by Crippen LogP contribution is 2.23. The van der Waals surface area contributed by atoms with E-state index in [0.29, 0.717) is 5.69 Å². The fourth-order valence-corrected chi connectivity index (χ4v) is 2.40. The summed E-state index contributed by atoms with van der Waals surface area (Å²) in [5, 5.41) is 4.41. The standard InChI is InChI=1S/C13H11F3N2OS/c14-13(15,16)12(19)17-7-6-10-8-20-11(18-10)9-4-2-1-3-5-9/h1-5,8H,6-7H2,(H,17,19). The van der Waals surface area contributed by atoms with Crippen LogP contribution in [0.4, 0.5) is 13.2 Å². The molecular weight excluding hydrogens is 289 g/mol. The number of hydrogen-bond donors (Lipinski definition) is 1. The number of nitrogens with zero attached hydrogens (tertiary/aromatic N) is 1. The summed E-state index contributed by atoms with van der Waals surface area (Å²) < 4.78 is 35.9. The SMILES string of the molecule is O=C(NCCc1csc(-c2ccccc2)n1)C(F)(F)F. The Balaban J connectivity index is 1.90. The molecule has 7 heteroatoms. The molecule has 0 aliphatic carbocycles. The van der Waals surface area contributed by atoms with Crippen molar-refractivity contribution in [3.05, 3.63) is 41.4 Å². The van der Waals surface area contributed by atoms with Gasteiger partial charge in [0, 0.05) is 23.9 Å². The average Bonchev–Trinajstić information content (AvgIpc) is 2.87. The normalized spacial score (nSPS) is 11.3. The van der Waals surface area contributed by atoms with Gasteiger partial charge in [-0.05, 0) is 0 Å². The number of thiazole rings is 1. The molecule has 0 aliphatic rings. The summed E-state index contributed by atoms with van der Waals surface area (Å²) in [6.07, 6.45) is -4.57. The lowest BCUT2D eigenvalue weighted by atomic mass is 10.2. The number of amides is 1. The van der Waals surface area contributed by atoms with Crippen molar-refractivity contribution in [2.75, 3.05) is 6.54 Å². The Morgan fingerprint density at radius 3 is 2.60 bits per heavy atom. The summed E-state index contributed by atoms with van der Waals surface area (Å²) in [4.78, 5) is 15.0. The Labute approximate surface area is 117 Å². The molecular formula is C13H11F3N2OS. The van der Waals surface area contributed by atoms with Crippen LogP contribution in [0.25, 0.3) is 10.6 Å². The van der Waals surface area contributed by atoms with Gasteiger partial charge in [0.15, 0.2) is 0 Å². The van der Waals surface area contributed by atoms with Crippen LogP contribution in [0, 0.1) is 0 Å². The number of alkyl halides is 3. The highest BCUT2D eigenvalue weighted by atomic mass is 32.1. The van der Waals surface area contributed by atoms with Crippen LogP contribution in [0.2, 0.25) is 0 Å². The van der Waals surface area contributed by atoms with Crippen LogP contribution in [-0.4, -0.2) is 23.6 Å². The molecule has 0 saturated heterocycles. The summed E-state index contributed by atoms with van der Waals surface area (Å²) in [6.45, 7) is -0.0870. The van der Waals surface area contributed by atoms with Gasteiger partial charge in [-0.25, -0.2) is 4.98 Å². The van der Waals surface area contributed by atoms with Gasteiger partial charge in [0.25, 0.3) is 0 Å². The topological polar surface area (TPSA) is 42.0 Å². The first-order valence-electron chi connectivity index (χ1n) is 5.81. The van der Waals surface area contributed by atoms with E-state index in [4.69, 9.17) is 0 Å². The monoisotopic (exact) mass is 300 g/mol. The van der Waals surface area contributed by atoms with Gasteiger partial charge in [-0.1, -0.05) is 30.3 Å². The summed E-state index contributed by atoms with van der Waals surface area (Å²) in [5.74, 6) is -1.92. The van der Waals surface area contributed by atoms with Gasteiger partial charge in [0.1, 0.15) is 5.01 Å². The van der Waals surface area contributed by atoms with Crippen LogP contribution < -0.4 is 5.32 Å². The van der Waals surface area contributed by atoms with Crippen molar-refractivity contribution >= 4 is 17.2 Å². The summed E-state index contributed by atoms with van der Waals surface area (Å²) in [6, 6.07) is 9.49. The van der Waals surface area contributed by atoms with E-state index in [-0.39, 0.29) is 13.0 Å². The van der Waals surface area contributed by atoms with E-state index in [1.54, 1.807) is 5.38 Å². The molecule has 2 rings (SSSR count). The van der Waals surface area contributed by atoms with Gasteiger partial charge >= 0.3 is 12.1 Å². The fraction of sp³-hybridized carbons (Fsp3) is 0.231. The van der Waals surface area contributed by atoms with Gasteiger partial charge < -0.3 is 5.32 Å². The van der Waals surface area contributed by atoms with Crippen molar-refractivity contribution in [3.63, 3.8) is 0 Å². The van der Waals surface area contributed by atoms with E-state index in [2.05, 4.69) is 4.98 Å². The Morgan fingerprint density at radius 1 is 1.25 bits per heavy atom. The van der Waals surface area contributed by atoms with Crippen LogP contribution in [-0.2, 0) is 11.2 Å². The first-order chi connectivity index (χ1) is 9.47. The zero-order chi connectivity index (χ0) is 14.6. The molecule has 20 heavy (non-hydrogen) atoms. The van der Waals surface area contributed by atoms with E-state index in [1.807, 2.05) is 35.6 Å². The van der Waals surface area contributed by atoms with E-state index in [9.17, 15) is 18.0 Å². The second kappa shape index (κ2) is 6.04. The van der Waals surface area contributed by atoms with Crippen molar-refractivity contribution in [2.45, 2.75) is 12.6 Å². The van der Waals surface area contributed by atoms with Gasteiger partial charge in [0.05, 0.1) is 5.69 Å². The van der Waals surface area contributed by atoms with Gasteiger partial charge in [-0.15, -0.1) is 11.3 Å². The zero-order valence-corrected chi connectivity index (χ0v) is 11.1. The van der Waals surface area contributed by atoms with Gasteiger partial charge in [-0.2, -0.15) is 13.2 Å². The molecule has 1 aromatic carbocycles. The second-order valence-corrected chi connectivity index (χ2v) is 4.87. The van der Waals surface area contributed by atoms with E-state index >= 15 is 0 Å². The largest absolute Gasteiger partial charge is 0.471 e. The molecule has 0 radical (unpaired) electrons. The highest BCUT2D eigenvalue weighted by Gasteiger charge is 2.38. The molecule has 3 nitrogen and oxygen atoms in total. The Hall–Kier alpha value is -1.89. The molecule has 0 fully saturated rings. The second-order valence-electron chi connectivity index (χ2n) is 4.01. The summed E-state index contributed by atoms with van der Waals surface area (Å²) >= 11 is 1.42. The molecule has 0 saturated carbocycles. The van der Waals surface area contributed by atoms with E-state index in [1.165, 1.54) is 11.3 Å². The highest BCUT2D eigenvalue weighted by molar-refractivity contribution is 7.13. The Morgan fingerprint density at radius 2 is 1.95 bits per heavy atom. The van der Waals surface area contributed by atoms with Crippen LogP contribution in [0.5, 0.6) is 0 Å². The number of halogens is 3. The zero-order valence-electron chi connectivity index (χ0n) is 10.3. The molecule has 106 valence electrons. The van der Waals surface area contributed by atoms with E-state index < -0.39 is 12.1 Å². The predicted molar refractivity (Wildman–Crippen MR) is 70.3 cm³/mol. The minimum atomic E-state index is -4.84. The van der Waals surface area contributed by atoms with E-state index in [0.717, 1.165) is 10.6 Å². The van der Waals surface area contributed by atoms with Crippen LogP contribution >= 0.6 is 11.3 Å². The maximum absolute atomic E-state index is 12.0. The maximum atomic E-state index is 12.0.